The van der Waals surface area contributed by atoms with E-state index in [2.05, 4.69) is 10.2 Å². The van der Waals surface area contributed by atoms with Gasteiger partial charge in [-0.3, -0.25) is 9.69 Å². The number of nitrogens with two attached hydrogens (primary N) is 1. The summed E-state index contributed by atoms with van der Waals surface area (Å²) >= 11 is 0. The molecule has 2 unspecified atom stereocenters. The first-order valence-corrected chi connectivity index (χ1v) is 7.91. The average Bonchev–Trinajstić information content (AvgIpc) is 2.62. The molecule has 1 aliphatic heterocycles. The van der Waals surface area contributed by atoms with E-state index in [4.69, 9.17) is 5.73 Å². The predicted molar refractivity (Wildman–Crippen MR) is 77.8 cm³/mol. The van der Waals surface area contributed by atoms with Crippen molar-refractivity contribution in [3.8, 4) is 0 Å². The molecule has 0 radical (unpaired) electrons. The van der Waals surface area contributed by atoms with Crippen LogP contribution >= 0.6 is 0 Å². The van der Waals surface area contributed by atoms with E-state index in [1.807, 2.05) is 0 Å². The van der Waals surface area contributed by atoms with Crippen LogP contribution in [0.25, 0.3) is 0 Å². The normalized spacial score (nSPS) is 30.8. The van der Waals surface area contributed by atoms with Crippen LogP contribution in [0.15, 0.2) is 0 Å². The van der Waals surface area contributed by atoms with Gasteiger partial charge in [0.1, 0.15) is 0 Å². The second-order valence-electron chi connectivity index (χ2n) is 6.29. The highest BCUT2D eigenvalue weighted by Gasteiger charge is 2.29. The van der Waals surface area contributed by atoms with Crippen molar-refractivity contribution in [3.63, 3.8) is 0 Å². The summed E-state index contributed by atoms with van der Waals surface area (Å²) in [4.78, 5) is 13.6. The van der Waals surface area contributed by atoms with Crippen molar-refractivity contribution in [2.24, 2.45) is 11.7 Å². The van der Waals surface area contributed by atoms with Crippen molar-refractivity contribution in [1.29, 1.82) is 0 Å². The van der Waals surface area contributed by atoms with E-state index in [1.54, 1.807) is 6.92 Å². The van der Waals surface area contributed by atoms with Gasteiger partial charge >= 0.3 is 0 Å². The van der Waals surface area contributed by atoms with Gasteiger partial charge in [-0.1, -0.05) is 19.3 Å². The molecule has 1 heterocycles. The molecule has 3 N–H and O–H groups in total. The van der Waals surface area contributed by atoms with Crippen LogP contribution in [0.1, 0.15) is 51.9 Å². The Hall–Kier alpha value is -0.610. The minimum Gasteiger partial charge on any atom is -0.356 e. The van der Waals surface area contributed by atoms with Crippen LogP contribution in [0.3, 0.4) is 0 Å². The van der Waals surface area contributed by atoms with Crippen LogP contribution < -0.4 is 11.1 Å². The van der Waals surface area contributed by atoms with Crippen LogP contribution in [0, 0.1) is 5.92 Å². The van der Waals surface area contributed by atoms with Gasteiger partial charge in [0.05, 0.1) is 0 Å². The molecule has 19 heavy (non-hydrogen) atoms. The summed E-state index contributed by atoms with van der Waals surface area (Å²) in [6.45, 7) is 4.75. The van der Waals surface area contributed by atoms with Gasteiger partial charge in [-0.05, 0) is 44.7 Å². The fraction of sp³-hybridized carbons (Fsp3) is 0.933. The van der Waals surface area contributed by atoms with Crippen molar-refractivity contribution in [1.82, 2.24) is 10.2 Å². The number of amides is 1. The Morgan fingerprint density at radius 3 is 2.53 bits per heavy atom. The first-order valence-electron chi connectivity index (χ1n) is 7.91. The maximum atomic E-state index is 10.9. The third-order valence-electron chi connectivity index (χ3n) is 4.79. The Morgan fingerprint density at radius 2 is 1.84 bits per heavy atom. The zero-order valence-electron chi connectivity index (χ0n) is 12.2. The summed E-state index contributed by atoms with van der Waals surface area (Å²) in [7, 11) is 0. The number of hydrogen-bond donors (Lipinski definition) is 2. The van der Waals surface area contributed by atoms with Crippen molar-refractivity contribution in [2.45, 2.75) is 64.0 Å². The molecule has 0 aromatic rings. The summed E-state index contributed by atoms with van der Waals surface area (Å²) in [5.74, 6) is 0.746. The number of carbonyl (C=O) groups excluding carboxylic acids is 1. The van der Waals surface area contributed by atoms with Gasteiger partial charge in [0.2, 0.25) is 5.91 Å². The number of hydrogen-bond acceptors (Lipinski definition) is 3. The SMILES string of the molecule is CC(=O)NCC1CCN(C2CCCCCC2N)CC1. The van der Waals surface area contributed by atoms with Gasteiger partial charge in [-0.25, -0.2) is 0 Å². The maximum absolute atomic E-state index is 10.9. The second-order valence-corrected chi connectivity index (χ2v) is 6.29. The summed E-state index contributed by atoms with van der Waals surface area (Å²) in [5, 5.41) is 2.95. The fourth-order valence-electron chi connectivity index (χ4n) is 3.55. The van der Waals surface area contributed by atoms with Crippen LogP contribution in [0.5, 0.6) is 0 Å². The molecule has 0 aromatic heterocycles. The lowest BCUT2D eigenvalue weighted by Gasteiger charge is -2.39. The molecule has 1 saturated heterocycles. The summed E-state index contributed by atoms with van der Waals surface area (Å²) in [6.07, 6.45) is 8.85. The molecular formula is C15H29N3O. The molecule has 0 aromatic carbocycles. The van der Waals surface area contributed by atoms with E-state index in [1.165, 1.54) is 44.9 Å². The lowest BCUT2D eigenvalue weighted by atomic mass is 9.93. The number of likely N-dealkylation sites (tertiary alicyclic amines) is 1. The molecule has 0 spiro atoms. The lowest BCUT2D eigenvalue weighted by molar-refractivity contribution is -0.119. The molecule has 2 fully saturated rings. The Kier molecular flexibility index (Phi) is 5.64. The van der Waals surface area contributed by atoms with E-state index in [0.29, 0.717) is 18.0 Å². The van der Waals surface area contributed by atoms with Crippen LogP contribution in [0.2, 0.25) is 0 Å². The molecule has 4 nitrogen and oxygen atoms in total. The Morgan fingerprint density at radius 1 is 1.16 bits per heavy atom. The molecular weight excluding hydrogens is 238 g/mol. The lowest BCUT2D eigenvalue weighted by Crippen LogP contribution is -2.50. The molecule has 110 valence electrons. The van der Waals surface area contributed by atoms with Crippen molar-refractivity contribution >= 4 is 5.91 Å². The zero-order chi connectivity index (χ0) is 13.7. The molecule has 2 rings (SSSR count). The summed E-state index contributed by atoms with van der Waals surface area (Å²) in [5.41, 5.74) is 6.34. The van der Waals surface area contributed by atoms with E-state index in [9.17, 15) is 4.79 Å². The Labute approximate surface area is 117 Å². The fourth-order valence-corrected chi connectivity index (χ4v) is 3.55. The predicted octanol–water partition coefficient (Wildman–Crippen LogP) is 1.49. The van der Waals surface area contributed by atoms with Gasteiger partial charge < -0.3 is 11.1 Å². The molecule has 2 aliphatic rings. The minimum absolute atomic E-state index is 0.0909. The molecule has 1 aliphatic carbocycles. The second kappa shape index (κ2) is 7.25. The van der Waals surface area contributed by atoms with Gasteiger partial charge in [0.15, 0.2) is 0 Å². The first-order chi connectivity index (χ1) is 9.16. The molecule has 1 amide bonds. The third-order valence-corrected chi connectivity index (χ3v) is 4.79. The van der Waals surface area contributed by atoms with Crippen LogP contribution in [-0.4, -0.2) is 42.5 Å². The first kappa shape index (κ1) is 14.8. The zero-order valence-corrected chi connectivity index (χ0v) is 12.2. The van der Waals surface area contributed by atoms with Crippen LogP contribution in [-0.2, 0) is 4.79 Å². The number of nitrogens with zero attached hydrogens (tertiary/aromatic N) is 1. The smallest absolute Gasteiger partial charge is 0.216 e. The highest BCUT2D eigenvalue weighted by Crippen LogP contribution is 2.25. The Balaban J connectivity index is 1.76. The molecule has 4 heteroatoms. The maximum Gasteiger partial charge on any atom is 0.216 e. The molecule has 0 bridgehead atoms. The van der Waals surface area contributed by atoms with Gasteiger partial charge in [0.25, 0.3) is 0 Å². The van der Waals surface area contributed by atoms with Crippen molar-refractivity contribution in [2.75, 3.05) is 19.6 Å². The molecule has 2 atom stereocenters. The number of rotatable bonds is 3. The largest absolute Gasteiger partial charge is 0.356 e. The number of carbonyl (C=O) groups is 1. The average molecular weight is 267 g/mol. The van der Waals surface area contributed by atoms with Crippen molar-refractivity contribution in [3.05, 3.63) is 0 Å². The summed E-state index contributed by atoms with van der Waals surface area (Å²) < 4.78 is 0. The van der Waals surface area contributed by atoms with E-state index in [-0.39, 0.29) is 5.91 Å². The molecule has 1 saturated carbocycles. The monoisotopic (exact) mass is 267 g/mol. The van der Waals surface area contributed by atoms with Crippen LogP contribution in [0.4, 0.5) is 0 Å². The van der Waals surface area contributed by atoms with Gasteiger partial charge in [0, 0.05) is 25.6 Å². The van der Waals surface area contributed by atoms with E-state index < -0.39 is 0 Å². The standard InChI is InChI=1S/C15H29N3O/c1-12(19)17-11-13-7-9-18(10-8-13)15-6-4-2-3-5-14(15)16/h13-15H,2-11,16H2,1H3,(H,17,19). The topological polar surface area (TPSA) is 58.4 Å². The number of piperidine rings is 1. The third kappa shape index (κ3) is 4.46. The quantitative estimate of drug-likeness (QED) is 0.762. The highest BCUT2D eigenvalue weighted by molar-refractivity contribution is 5.72. The highest BCUT2D eigenvalue weighted by atomic mass is 16.1. The van der Waals surface area contributed by atoms with Gasteiger partial charge in [-0.15, -0.1) is 0 Å². The number of nitrogens with one attached hydrogen (secondary N) is 1. The summed E-state index contributed by atoms with van der Waals surface area (Å²) in [6, 6.07) is 0.971. The van der Waals surface area contributed by atoms with E-state index in [0.717, 1.165) is 19.6 Å². The van der Waals surface area contributed by atoms with E-state index >= 15 is 0 Å². The minimum atomic E-state index is 0.0909. The van der Waals surface area contributed by atoms with Gasteiger partial charge in [-0.2, -0.15) is 0 Å². The Bertz CT molecular complexity index is 287. The van der Waals surface area contributed by atoms with Crippen molar-refractivity contribution < 1.29 is 4.79 Å².